The number of carbonyl (C=O) groups excluding carboxylic acids is 2. The average molecular weight is 498 g/mol. The van der Waals surface area contributed by atoms with E-state index in [1.54, 1.807) is 43.4 Å². The van der Waals surface area contributed by atoms with E-state index in [-0.39, 0.29) is 24.6 Å². The van der Waals surface area contributed by atoms with Crippen molar-refractivity contribution in [3.8, 4) is 6.07 Å². The smallest absolute Gasteiger partial charge is 0.305 e. The lowest BCUT2D eigenvalue weighted by molar-refractivity contribution is -0.140. The van der Waals surface area contributed by atoms with Gasteiger partial charge in [-0.25, -0.2) is 0 Å². The zero-order valence-corrected chi connectivity index (χ0v) is 21.5. The molecule has 0 bridgehead atoms. The number of fused-ring (bicyclic) bond motifs is 1. The van der Waals surface area contributed by atoms with Gasteiger partial charge in [0.15, 0.2) is 5.78 Å². The first-order chi connectivity index (χ1) is 16.7. The highest BCUT2D eigenvalue weighted by Gasteiger charge is 2.38. The number of nitriles is 1. The Morgan fingerprint density at radius 2 is 1.91 bits per heavy atom. The number of ether oxygens (including phenoxy) is 1. The summed E-state index contributed by atoms with van der Waals surface area (Å²) in [6.07, 6.45) is 7.85. The molecule has 7 heteroatoms. The number of aliphatic hydroxyl groups excluding tert-OH is 2. The van der Waals surface area contributed by atoms with Crippen molar-refractivity contribution in [2.45, 2.75) is 64.6 Å². The molecule has 2 aromatic rings. The van der Waals surface area contributed by atoms with Gasteiger partial charge in [-0.1, -0.05) is 56.4 Å². The van der Waals surface area contributed by atoms with E-state index in [1.807, 2.05) is 24.3 Å². The largest absolute Gasteiger partial charge is 0.469 e. The van der Waals surface area contributed by atoms with Crippen molar-refractivity contribution >= 4 is 33.2 Å². The maximum Gasteiger partial charge on any atom is 0.305 e. The Kier molecular flexibility index (Phi) is 11.3. The molecule has 0 saturated carbocycles. The van der Waals surface area contributed by atoms with E-state index in [4.69, 9.17) is 0 Å². The fourth-order valence-corrected chi connectivity index (χ4v) is 4.83. The molecule has 35 heavy (non-hydrogen) atoms. The highest BCUT2D eigenvalue weighted by atomic mass is 32.1. The molecule has 6 nitrogen and oxygen atoms in total. The molecule has 0 radical (unpaired) electrons. The van der Waals surface area contributed by atoms with Crippen molar-refractivity contribution in [3.63, 3.8) is 0 Å². The molecular formula is C28H35NO5S. The Bertz CT molecular complexity index is 1050. The summed E-state index contributed by atoms with van der Waals surface area (Å²) in [5, 5.41) is 31.7. The van der Waals surface area contributed by atoms with E-state index in [0.29, 0.717) is 25.7 Å². The lowest BCUT2D eigenvalue weighted by atomic mass is 9.75. The monoisotopic (exact) mass is 497 g/mol. The molecular weight excluding hydrogens is 462 g/mol. The first-order valence-corrected chi connectivity index (χ1v) is 12.7. The van der Waals surface area contributed by atoms with Crippen molar-refractivity contribution < 1.29 is 24.5 Å². The number of nitrogens with zero attached hydrogens (tertiary/aromatic N) is 1. The van der Waals surface area contributed by atoms with E-state index in [2.05, 4.69) is 22.9 Å². The number of esters is 1. The van der Waals surface area contributed by atoms with E-state index in [1.165, 1.54) is 11.8 Å². The molecule has 2 rings (SSSR count). The number of ketones is 1. The van der Waals surface area contributed by atoms with Crippen LogP contribution in [0.25, 0.3) is 10.1 Å². The third-order valence-corrected chi connectivity index (χ3v) is 7.20. The minimum Gasteiger partial charge on any atom is -0.469 e. The van der Waals surface area contributed by atoms with E-state index < -0.39 is 23.5 Å². The fourth-order valence-electron chi connectivity index (χ4n) is 3.72. The molecule has 2 N–H and O–H groups in total. The molecule has 0 saturated heterocycles. The van der Waals surface area contributed by atoms with Gasteiger partial charge < -0.3 is 14.9 Å². The minimum absolute atomic E-state index is 0.198. The first-order valence-electron chi connectivity index (χ1n) is 11.8. The van der Waals surface area contributed by atoms with Gasteiger partial charge in [0, 0.05) is 22.4 Å². The van der Waals surface area contributed by atoms with Crippen LogP contribution in [0, 0.1) is 22.7 Å². The third kappa shape index (κ3) is 8.74. The molecule has 1 heterocycles. The molecule has 1 aromatic heterocycles. The van der Waals surface area contributed by atoms with Gasteiger partial charge >= 0.3 is 5.97 Å². The standard InChI is InChI=1S/C28H35NO5S/c1-28(2,27(33)21(19-29)12-6-4-5-7-16-26(32)34-3)25(31)15-10-13-22(30)18-23-17-20-11-8-9-14-24(20)35-23/h4,6,8-11,13-14,17,21-22,25,30-31H,5,7,12,15-16,18H2,1-3H3/t21-,22?,25+/m1/s1. The number of thiophene rings is 1. The van der Waals surface area contributed by atoms with Gasteiger partial charge in [-0.05, 0) is 43.2 Å². The second-order valence-electron chi connectivity index (χ2n) is 9.14. The summed E-state index contributed by atoms with van der Waals surface area (Å²) >= 11 is 1.65. The van der Waals surface area contributed by atoms with Crippen molar-refractivity contribution in [2.75, 3.05) is 7.11 Å². The number of allylic oxidation sites excluding steroid dienone is 2. The Labute approximate surface area is 211 Å². The van der Waals surface area contributed by atoms with Crippen LogP contribution in [0.15, 0.2) is 54.6 Å². The van der Waals surface area contributed by atoms with Gasteiger partial charge in [-0.2, -0.15) is 5.26 Å². The summed E-state index contributed by atoms with van der Waals surface area (Å²) in [5.74, 6) is -1.44. The summed E-state index contributed by atoms with van der Waals surface area (Å²) in [5.41, 5.74) is -1.11. The van der Waals surface area contributed by atoms with Crippen LogP contribution in [0.2, 0.25) is 0 Å². The molecule has 1 aromatic carbocycles. The molecule has 1 unspecified atom stereocenters. The lowest BCUT2D eigenvalue weighted by Gasteiger charge is -2.30. The highest BCUT2D eigenvalue weighted by molar-refractivity contribution is 7.19. The maximum absolute atomic E-state index is 13.0. The summed E-state index contributed by atoms with van der Waals surface area (Å²) in [6.45, 7) is 3.29. The Morgan fingerprint density at radius 1 is 1.17 bits per heavy atom. The van der Waals surface area contributed by atoms with Crippen LogP contribution in [0.4, 0.5) is 0 Å². The number of hydrogen-bond donors (Lipinski definition) is 2. The second-order valence-corrected chi connectivity index (χ2v) is 10.3. The van der Waals surface area contributed by atoms with Crippen LogP contribution in [-0.2, 0) is 20.7 Å². The van der Waals surface area contributed by atoms with Gasteiger partial charge in [0.05, 0.1) is 30.8 Å². The van der Waals surface area contributed by atoms with Crippen LogP contribution in [0.5, 0.6) is 0 Å². The number of rotatable bonds is 14. The summed E-state index contributed by atoms with van der Waals surface area (Å²) in [6, 6.07) is 12.2. The summed E-state index contributed by atoms with van der Waals surface area (Å²) in [4.78, 5) is 25.2. The SMILES string of the molecule is COC(=O)CCCC=CC[C@H](C#N)C(=O)C(C)(C)[C@@H](O)CC=CC(O)Cc1cc2ccccc2s1. The molecule has 0 aliphatic heterocycles. The van der Waals surface area contributed by atoms with Gasteiger partial charge in [0.1, 0.15) is 5.92 Å². The normalized spacial score (nSPS) is 14.7. The number of benzene rings is 1. The van der Waals surface area contributed by atoms with Crippen molar-refractivity contribution in [2.24, 2.45) is 11.3 Å². The summed E-state index contributed by atoms with van der Waals surface area (Å²) < 4.78 is 5.77. The number of aliphatic hydroxyl groups is 2. The number of unbranched alkanes of at least 4 members (excludes halogenated alkanes) is 1. The van der Waals surface area contributed by atoms with Crippen molar-refractivity contribution in [1.82, 2.24) is 0 Å². The van der Waals surface area contributed by atoms with E-state index in [9.17, 15) is 25.1 Å². The second kappa shape index (κ2) is 13.9. The lowest BCUT2D eigenvalue weighted by Crippen LogP contribution is -2.40. The topological polar surface area (TPSA) is 108 Å². The van der Waals surface area contributed by atoms with Crippen LogP contribution < -0.4 is 0 Å². The molecule has 0 spiro atoms. The van der Waals surface area contributed by atoms with Crippen LogP contribution in [-0.4, -0.2) is 41.3 Å². The van der Waals surface area contributed by atoms with Crippen LogP contribution in [0.1, 0.15) is 50.8 Å². The van der Waals surface area contributed by atoms with Gasteiger partial charge in [0.2, 0.25) is 0 Å². The molecule has 0 aliphatic rings. The Hall–Kier alpha value is -2.79. The van der Waals surface area contributed by atoms with Gasteiger partial charge in [-0.3, -0.25) is 9.59 Å². The molecule has 3 atom stereocenters. The number of Topliss-reactive ketones (excluding diaryl/α,β-unsaturated/α-hetero) is 1. The predicted molar refractivity (Wildman–Crippen MR) is 139 cm³/mol. The Morgan fingerprint density at radius 3 is 2.60 bits per heavy atom. The van der Waals surface area contributed by atoms with Gasteiger partial charge in [0.25, 0.3) is 0 Å². The summed E-state index contributed by atoms with van der Waals surface area (Å²) in [7, 11) is 1.35. The predicted octanol–water partition coefficient (Wildman–Crippen LogP) is 5.14. The van der Waals surface area contributed by atoms with Crippen LogP contribution in [0.3, 0.4) is 0 Å². The molecule has 0 amide bonds. The highest BCUT2D eigenvalue weighted by Crippen LogP contribution is 2.30. The zero-order valence-electron chi connectivity index (χ0n) is 20.6. The Balaban J connectivity index is 1.84. The number of methoxy groups -OCH3 is 1. The van der Waals surface area contributed by atoms with Crippen molar-refractivity contribution in [1.29, 1.82) is 5.26 Å². The van der Waals surface area contributed by atoms with Crippen LogP contribution >= 0.6 is 11.3 Å². The molecule has 0 fully saturated rings. The number of hydrogen-bond acceptors (Lipinski definition) is 7. The quantitative estimate of drug-likeness (QED) is 0.213. The molecule has 0 aliphatic carbocycles. The van der Waals surface area contributed by atoms with E-state index in [0.717, 1.165) is 10.3 Å². The maximum atomic E-state index is 13.0. The third-order valence-electron chi connectivity index (χ3n) is 6.06. The van der Waals surface area contributed by atoms with Gasteiger partial charge in [-0.15, -0.1) is 11.3 Å². The van der Waals surface area contributed by atoms with Crippen molar-refractivity contribution in [3.05, 3.63) is 59.5 Å². The fraction of sp³-hybridized carbons (Fsp3) is 0.464. The average Bonchev–Trinajstić information content (AvgIpc) is 3.25. The zero-order chi connectivity index (χ0) is 25.8. The first kappa shape index (κ1) is 28.4. The molecule has 188 valence electrons. The minimum atomic E-state index is -1.11. The number of carbonyl (C=O) groups is 2. The van der Waals surface area contributed by atoms with E-state index >= 15 is 0 Å².